The minimum Gasteiger partial charge on any atom is -0.327 e. The fourth-order valence-electron chi connectivity index (χ4n) is 1.02. The fourth-order valence-corrected chi connectivity index (χ4v) is 1.02. The van der Waals surface area contributed by atoms with Crippen LogP contribution in [-0.4, -0.2) is 18.6 Å². The molecule has 0 bridgehead atoms. The Morgan fingerprint density at radius 3 is 2.62 bits per heavy atom. The molecule has 0 aliphatic carbocycles. The van der Waals surface area contributed by atoms with E-state index in [0.717, 1.165) is 6.54 Å². The maximum absolute atomic E-state index is 5.63. The van der Waals surface area contributed by atoms with Gasteiger partial charge in [0.15, 0.2) is 0 Å². The van der Waals surface area contributed by atoms with Crippen molar-refractivity contribution in [3.8, 4) is 0 Å². The van der Waals surface area contributed by atoms with E-state index in [4.69, 9.17) is 5.73 Å². The smallest absolute Gasteiger partial charge is 0.0165 e. The molecule has 1 heterocycles. The molecule has 1 aliphatic rings. The van der Waals surface area contributed by atoms with Gasteiger partial charge in [-0.1, -0.05) is 0 Å². The topological polar surface area (TPSA) is 38.0 Å². The summed E-state index contributed by atoms with van der Waals surface area (Å²) in [4.78, 5) is 0. The van der Waals surface area contributed by atoms with E-state index in [1.165, 1.54) is 12.8 Å². The lowest BCUT2D eigenvalue weighted by atomic mass is 10.0. The molecule has 2 nitrogen and oxygen atoms in total. The predicted molar refractivity (Wildman–Crippen MR) is 34.7 cm³/mol. The number of nitrogens with two attached hydrogens (primary N) is 1. The first-order valence-corrected chi connectivity index (χ1v) is 3.28. The molecule has 1 rings (SSSR count). The first-order valence-electron chi connectivity index (χ1n) is 3.28. The van der Waals surface area contributed by atoms with Crippen LogP contribution in [0.2, 0.25) is 0 Å². The van der Waals surface area contributed by atoms with E-state index in [1.807, 2.05) is 0 Å². The Kier molecular flexibility index (Phi) is 1.86. The molecule has 0 aromatic rings. The number of nitrogens with one attached hydrogen (secondary N) is 1. The van der Waals surface area contributed by atoms with Crippen LogP contribution in [-0.2, 0) is 0 Å². The molecule has 48 valence electrons. The van der Waals surface area contributed by atoms with Gasteiger partial charge >= 0.3 is 0 Å². The predicted octanol–water partition coefficient (Wildman–Crippen LogP) is 0.0856. The van der Waals surface area contributed by atoms with Gasteiger partial charge in [-0.15, -0.1) is 0 Å². The third-order valence-corrected chi connectivity index (χ3v) is 1.70. The number of hydrogen-bond acceptors (Lipinski definition) is 2. The van der Waals surface area contributed by atoms with Gasteiger partial charge in [0.05, 0.1) is 0 Å². The SMILES string of the molecule is CC1CC[C@H](N)CN1. The van der Waals surface area contributed by atoms with E-state index in [9.17, 15) is 0 Å². The molecule has 2 heteroatoms. The maximum Gasteiger partial charge on any atom is 0.0165 e. The first-order chi connectivity index (χ1) is 3.79. The highest BCUT2D eigenvalue weighted by Gasteiger charge is 2.12. The monoisotopic (exact) mass is 114 g/mol. The van der Waals surface area contributed by atoms with Crippen molar-refractivity contribution in [1.82, 2.24) is 5.32 Å². The van der Waals surface area contributed by atoms with Gasteiger partial charge in [-0.2, -0.15) is 0 Å². The molecule has 0 aromatic carbocycles. The highest BCUT2D eigenvalue weighted by atomic mass is 14.9. The third-order valence-electron chi connectivity index (χ3n) is 1.70. The van der Waals surface area contributed by atoms with E-state index in [-0.39, 0.29) is 0 Å². The zero-order valence-electron chi connectivity index (χ0n) is 5.35. The van der Waals surface area contributed by atoms with Crippen LogP contribution >= 0.6 is 0 Å². The second-order valence-electron chi connectivity index (χ2n) is 2.65. The standard InChI is InChI=1S/C6H14N2/c1-5-2-3-6(7)4-8-5/h5-6,8H,2-4,7H2,1H3/t5?,6-/m0/s1. The van der Waals surface area contributed by atoms with E-state index in [2.05, 4.69) is 12.2 Å². The third kappa shape index (κ3) is 1.46. The summed E-state index contributed by atoms with van der Waals surface area (Å²) in [6.45, 7) is 3.20. The number of rotatable bonds is 0. The summed E-state index contributed by atoms with van der Waals surface area (Å²) in [6, 6.07) is 1.10. The fraction of sp³-hybridized carbons (Fsp3) is 1.00. The molecule has 0 spiro atoms. The van der Waals surface area contributed by atoms with Crippen molar-refractivity contribution in [2.45, 2.75) is 31.8 Å². The first kappa shape index (κ1) is 6.05. The van der Waals surface area contributed by atoms with Crippen LogP contribution in [0.1, 0.15) is 19.8 Å². The molecule has 1 fully saturated rings. The molecule has 0 amide bonds. The minimum absolute atomic E-state index is 0.409. The van der Waals surface area contributed by atoms with E-state index >= 15 is 0 Å². The molecule has 2 atom stereocenters. The molecular formula is C6H14N2. The molecule has 0 aromatic heterocycles. The Bertz CT molecular complexity index is 54.9. The summed E-state index contributed by atoms with van der Waals surface area (Å²) in [5.74, 6) is 0. The summed E-state index contributed by atoms with van der Waals surface area (Å²) in [7, 11) is 0. The highest BCUT2D eigenvalue weighted by molar-refractivity contribution is 4.75. The Hall–Kier alpha value is -0.0800. The average molecular weight is 114 g/mol. The van der Waals surface area contributed by atoms with Crippen LogP contribution in [0.3, 0.4) is 0 Å². The summed E-state index contributed by atoms with van der Waals surface area (Å²) in [5.41, 5.74) is 5.63. The van der Waals surface area contributed by atoms with Crippen molar-refractivity contribution in [1.29, 1.82) is 0 Å². The second-order valence-corrected chi connectivity index (χ2v) is 2.65. The molecule has 1 aliphatic heterocycles. The number of piperidine rings is 1. The lowest BCUT2D eigenvalue weighted by molar-refractivity contribution is 0.384. The van der Waals surface area contributed by atoms with Gasteiger partial charge in [-0.05, 0) is 19.8 Å². The van der Waals surface area contributed by atoms with Crippen LogP contribution in [0.5, 0.6) is 0 Å². The maximum atomic E-state index is 5.63. The van der Waals surface area contributed by atoms with Crippen molar-refractivity contribution in [2.24, 2.45) is 5.73 Å². The van der Waals surface area contributed by atoms with Crippen LogP contribution in [0, 0.1) is 0 Å². The van der Waals surface area contributed by atoms with Crippen molar-refractivity contribution >= 4 is 0 Å². The minimum atomic E-state index is 0.409. The largest absolute Gasteiger partial charge is 0.327 e. The molecule has 8 heavy (non-hydrogen) atoms. The normalized spacial score (nSPS) is 39.8. The molecule has 3 N–H and O–H groups in total. The lowest BCUT2D eigenvalue weighted by Crippen LogP contribution is -2.43. The average Bonchev–Trinajstić information content (AvgIpc) is 1.77. The summed E-state index contributed by atoms with van der Waals surface area (Å²) >= 11 is 0. The summed E-state index contributed by atoms with van der Waals surface area (Å²) in [5, 5.41) is 3.31. The van der Waals surface area contributed by atoms with Gasteiger partial charge in [0.25, 0.3) is 0 Å². The Balaban J connectivity index is 2.19. The summed E-state index contributed by atoms with van der Waals surface area (Å²) < 4.78 is 0. The van der Waals surface area contributed by atoms with Crippen LogP contribution in [0.25, 0.3) is 0 Å². The molecular weight excluding hydrogens is 100 g/mol. The van der Waals surface area contributed by atoms with Crippen molar-refractivity contribution in [3.05, 3.63) is 0 Å². The molecule has 0 saturated carbocycles. The van der Waals surface area contributed by atoms with E-state index in [1.54, 1.807) is 0 Å². The zero-order valence-corrected chi connectivity index (χ0v) is 5.35. The lowest BCUT2D eigenvalue weighted by Gasteiger charge is -2.24. The van der Waals surface area contributed by atoms with Crippen molar-refractivity contribution < 1.29 is 0 Å². The van der Waals surface area contributed by atoms with Gasteiger partial charge in [0, 0.05) is 18.6 Å². The Morgan fingerprint density at radius 2 is 2.25 bits per heavy atom. The van der Waals surface area contributed by atoms with Crippen molar-refractivity contribution in [2.75, 3.05) is 6.54 Å². The van der Waals surface area contributed by atoms with Crippen molar-refractivity contribution in [3.63, 3.8) is 0 Å². The number of hydrogen-bond donors (Lipinski definition) is 2. The summed E-state index contributed by atoms with van der Waals surface area (Å²) in [6.07, 6.45) is 2.43. The van der Waals surface area contributed by atoms with Crippen LogP contribution < -0.4 is 11.1 Å². The van der Waals surface area contributed by atoms with Gasteiger partial charge < -0.3 is 11.1 Å². The van der Waals surface area contributed by atoms with Gasteiger partial charge in [-0.25, -0.2) is 0 Å². The Morgan fingerprint density at radius 1 is 1.50 bits per heavy atom. The second kappa shape index (κ2) is 2.46. The zero-order chi connectivity index (χ0) is 5.98. The van der Waals surface area contributed by atoms with Crippen LogP contribution in [0.15, 0.2) is 0 Å². The highest BCUT2D eigenvalue weighted by Crippen LogP contribution is 2.04. The Labute approximate surface area is 50.4 Å². The molecule has 1 unspecified atom stereocenters. The molecule has 0 radical (unpaired) electrons. The van der Waals surface area contributed by atoms with E-state index in [0.29, 0.717) is 12.1 Å². The van der Waals surface area contributed by atoms with Gasteiger partial charge in [-0.3, -0.25) is 0 Å². The van der Waals surface area contributed by atoms with Gasteiger partial charge in [0.2, 0.25) is 0 Å². The van der Waals surface area contributed by atoms with E-state index < -0.39 is 0 Å². The molecule has 1 saturated heterocycles. The van der Waals surface area contributed by atoms with Crippen LogP contribution in [0.4, 0.5) is 0 Å². The quantitative estimate of drug-likeness (QED) is 0.468. The van der Waals surface area contributed by atoms with Gasteiger partial charge in [0.1, 0.15) is 0 Å².